The van der Waals surface area contributed by atoms with Gasteiger partial charge in [-0.2, -0.15) is 5.10 Å². The molecule has 1 atom stereocenters. The Kier molecular flexibility index (Phi) is 3.26. The standard InChI is InChI=1S/C11H18N6/c1-8-6-9(17(3)15-8)7-10(14-12)11-13-4-5-16(11)2/h4-6,10,14H,7,12H2,1-3H3. The second-order valence-electron chi connectivity index (χ2n) is 4.22. The normalized spacial score (nSPS) is 12.9. The number of nitrogens with zero attached hydrogens (tertiary/aromatic N) is 4. The third-order valence-corrected chi connectivity index (χ3v) is 2.88. The summed E-state index contributed by atoms with van der Waals surface area (Å²) in [6, 6.07) is 2.05. The fraction of sp³-hybridized carbons (Fsp3) is 0.455. The Morgan fingerprint density at radius 3 is 2.71 bits per heavy atom. The van der Waals surface area contributed by atoms with Crippen LogP contribution in [0.25, 0.3) is 0 Å². The van der Waals surface area contributed by atoms with Crippen molar-refractivity contribution in [2.75, 3.05) is 0 Å². The third-order valence-electron chi connectivity index (χ3n) is 2.88. The van der Waals surface area contributed by atoms with E-state index in [9.17, 15) is 0 Å². The Bertz CT molecular complexity index is 498. The van der Waals surface area contributed by atoms with E-state index >= 15 is 0 Å². The maximum absolute atomic E-state index is 5.60. The summed E-state index contributed by atoms with van der Waals surface area (Å²) >= 11 is 0. The highest BCUT2D eigenvalue weighted by molar-refractivity contribution is 5.12. The molecule has 3 N–H and O–H groups in total. The Hall–Kier alpha value is -1.66. The molecule has 0 bridgehead atoms. The molecule has 92 valence electrons. The smallest absolute Gasteiger partial charge is 0.127 e. The molecule has 0 spiro atoms. The van der Waals surface area contributed by atoms with Gasteiger partial charge >= 0.3 is 0 Å². The van der Waals surface area contributed by atoms with Crippen molar-refractivity contribution in [1.82, 2.24) is 24.8 Å². The number of hydrogen-bond acceptors (Lipinski definition) is 4. The number of aromatic nitrogens is 4. The van der Waals surface area contributed by atoms with Gasteiger partial charge in [-0.3, -0.25) is 10.5 Å². The van der Waals surface area contributed by atoms with Crippen molar-refractivity contribution in [3.05, 3.63) is 35.7 Å². The molecule has 0 aliphatic heterocycles. The molecule has 0 aliphatic carbocycles. The molecule has 2 aromatic rings. The number of nitrogens with one attached hydrogen (secondary N) is 1. The van der Waals surface area contributed by atoms with Crippen molar-refractivity contribution in [3.8, 4) is 0 Å². The lowest BCUT2D eigenvalue weighted by atomic mass is 10.1. The van der Waals surface area contributed by atoms with Crippen LogP contribution in [0.5, 0.6) is 0 Å². The first-order chi connectivity index (χ1) is 8.11. The first-order valence-corrected chi connectivity index (χ1v) is 5.54. The molecule has 0 amide bonds. The van der Waals surface area contributed by atoms with Gasteiger partial charge in [0.15, 0.2) is 0 Å². The zero-order chi connectivity index (χ0) is 12.4. The minimum Gasteiger partial charge on any atom is -0.337 e. The molecule has 17 heavy (non-hydrogen) atoms. The lowest BCUT2D eigenvalue weighted by Gasteiger charge is -2.15. The topological polar surface area (TPSA) is 73.7 Å². The minimum atomic E-state index is -0.00944. The number of aryl methyl sites for hydroxylation is 3. The van der Waals surface area contributed by atoms with Crippen LogP contribution in [-0.4, -0.2) is 19.3 Å². The SMILES string of the molecule is Cc1cc(CC(NN)c2nccn2C)n(C)n1. The van der Waals surface area contributed by atoms with Crippen molar-refractivity contribution in [3.63, 3.8) is 0 Å². The molecule has 0 fully saturated rings. The molecule has 0 saturated heterocycles. The zero-order valence-electron chi connectivity index (χ0n) is 10.4. The number of hydrogen-bond donors (Lipinski definition) is 2. The van der Waals surface area contributed by atoms with E-state index in [0.29, 0.717) is 0 Å². The van der Waals surface area contributed by atoms with Crippen molar-refractivity contribution in [2.24, 2.45) is 19.9 Å². The first-order valence-electron chi connectivity index (χ1n) is 5.54. The van der Waals surface area contributed by atoms with Gasteiger partial charge < -0.3 is 4.57 Å². The van der Waals surface area contributed by atoms with E-state index in [1.165, 1.54) is 0 Å². The van der Waals surface area contributed by atoms with Crippen LogP contribution in [0.15, 0.2) is 18.5 Å². The Labute approximate surface area is 100 Å². The van der Waals surface area contributed by atoms with Crippen molar-refractivity contribution >= 4 is 0 Å². The highest BCUT2D eigenvalue weighted by Gasteiger charge is 2.16. The summed E-state index contributed by atoms with van der Waals surface area (Å²) < 4.78 is 3.84. The van der Waals surface area contributed by atoms with E-state index in [2.05, 4.69) is 21.6 Å². The maximum Gasteiger partial charge on any atom is 0.127 e. The summed E-state index contributed by atoms with van der Waals surface area (Å²) in [5.41, 5.74) is 4.95. The fourth-order valence-electron chi connectivity index (χ4n) is 2.00. The molecule has 2 rings (SSSR count). The predicted octanol–water partition coefficient (Wildman–Crippen LogP) is 0.209. The summed E-state index contributed by atoms with van der Waals surface area (Å²) in [4.78, 5) is 4.31. The second kappa shape index (κ2) is 4.68. The molecule has 0 aromatic carbocycles. The van der Waals surface area contributed by atoms with Gasteiger partial charge in [0.1, 0.15) is 5.82 Å². The molecule has 2 heterocycles. The average molecular weight is 234 g/mol. The van der Waals surface area contributed by atoms with Crippen molar-refractivity contribution in [2.45, 2.75) is 19.4 Å². The van der Waals surface area contributed by atoms with Gasteiger partial charge in [-0.1, -0.05) is 0 Å². The largest absolute Gasteiger partial charge is 0.337 e. The first kappa shape index (κ1) is 11.8. The number of hydrazine groups is 1. The van der Waals surface area contributed by atoms with Crippen LogP contribution in [-0.2, 0) is 20.5 Å². The van der Waals surface area contributed by atoms with E-state index in [0.717, 1.165) is 23.6 Å². The van der Waals surface area contributed by atoms with E-state index in [1.807, 2.05) is 36.5 Å². The van der Waals surface area contributed by atoms with Gasteiger partial charge in [-0.05, 0) is 13.0 Å². The van der Waals surface area contributed by atoms with Gasteiger partial charge in [0.2, 0.25) is 0 Å². The number of rotatable bonds is 4. The molecular weight excluding hydrogens is 216 g/mol. The lowest BCUT2D eigenvalue weighted by molar-refractivity contribution is 0.492. The van der Waals surface area contributed by atoms with Crippen LogP contribution in [0, 0.1) is 6.92 Å². The molecular formula is C11H18N6. The molecule has 2 aromatic heterocycles. The van der Waals surface area contributed by atoms with Gasteiger partial charge in [0.05, 0.1) is 11.7 Å². The van der Waals surface area contributed by atoms with E-state index in [4.69, 9.17) is 5.84 Å². The van der Waals surface area contributed by atoms with Crippen LogP contribution in [0.3, 0.4) is 0 Å². The van der Waals surface area contributed by atoms with Crippen molar-refractivity contribution < 1.29 is 0 Å². The highest BCUT2D eigenvalue weighted by Crippen LogP contribution is 2.15. The molecule has 6 nitrogen and oxygen atoms in total. The van der Waals surface area contributed by atoms with Gasteiger partial charge in [-0.25, -0.2) is 10.4 Å². The van der Waals surface area contributed by atoms with E-state index in [-0.39, 0.29) is 6.04 Å². The second-order valence-corrected chi connectivity index (χ2v) is 4.22. The summed E-state index contributed by atoms with van der Waals surface area (Å²) in [6.07, 6.45) is 4.45. The van der Waals surface area contributed by atoms with Crippen LogP contribution >= 0.6 is 0 Å². The lowest BCUT2D eigenvalue weighted by Crippen LogP contribution is -2.32. The Morgan fingerprint density at radius 1 is 1.47 bits per heavy atom. The average Bonchev–Trinajstić information content (AvgIpc) is 2.82. The van der Waals surface area contributed by atoms with E-state index in [1.54, 1.807) is 6.20 Å². The van der Waals surface area contributed by atoms with Crippen LogP contribution < -0.4 is 11.3 Å². The van der Waals surface area contributed by atoms with Crippen LogP contribution in [0.4, 0.5) is 0 Å². The molecule has 0 aliphatic rings. The van der Waals surface area contributed by atoms with Crippen LogP contribution in [0.2, 0.25) is 0 Å². The molecule has 0 saturated carbocycles. The highest BCUT2D eigenvalue weighted by atomic mass is 15.3. The number of nitrogens with two attached hydrogens (primary N) is 1. The summed E-state index contributed by atoms with van der Waals surface area (Å²) in [6.45, 7) is 1.98. The minimum absolute atomic E-state index is 0.00944. The summed E-state index contributed by atoms with van der Waals surface area (Å²) in [7, 11) is 3.90. The molecule has 6 heteroatoms. The van der Waals surface area contributed by atoms with Gasteiger partial charge in [0, 0.05) is 38.6 Å². The third kappa shape index (κ3) is 2.37. The van der Waals surface area contributed by atoms with Gasteiger partial charge in [0.25, 0.3) is 0 Å². The number of imidazole rings is 1. The van der Waals surface area contributed by atoms with Crippen molar-refractivity contribution in [1.29, 1.82) is 0 Å². The predicted molar refractivity (Wildman–Crippen MR) is 64.9 cm³/mol. The van der Waals surface area contributed by atoms with Gasteiger partial charge in [-0.15, -0.1) is 0 Å². The summed E-state index contributed by atoms with van der Waals surface area (Å²) in [5.74, 6) is 6.53. The van der Waals surface area contributed by atoms with E-state index < -0.39 is 0 Å². The zero-order valence-corrected chi connectivity index (χ0v) is 10.4. The Morgan fingerprint density at radius 2 is 2.24 bits per heavy atom. The van der Waals surface area contributed by atoms with Crippen LogP contribution in [0.1, 0.15) is 23.3 Å². The molecule has 1 unspecified atom stereocenters. The maximum atomic E-state index is 5.60. The molecule has 0 radical (unpaired) electrons. The quantitative estimate of drug-likeness (QED) is 0.586. The Balaban J connectivity index is 2.21. The summed E-state index contributed by atoms with van der Waals surface area (Å²) in [5, 5.41) is 4.32. The fourth-order valence-corrected chi connectivity index (χ4v) is 2.00. The monoisotopic (exact) mass is 234 g/mol.